The molecule has 0 aliphatic carbocycles. The number of nitrogens with one attached hydrogen (secondary N) is 1. The molecule has 1 amide bonds. The third kappa shape index (κ3) is 4.80. The van der Waals surface area contributed by atoms with Crippen LogP contribution in [0.1, 0.15) is 21.5 Å². The Morgan fingerprint density at radius 3 is 2.50 bits per heavy atom. The summed E-state index contributed by atoms with van der Waals surface area (Å²) in [5.74, 6) is -0.626. The summed E-state index contributed by atoms with van der Waals surface area (Å²) >= 11 is 5.94. The second-order valence-electron chi connectivity index (χ2n) is 6.05. The van der Waals surface area contributed by atoms with Crippen molar-refractivity contribution >= 4 is 23.2 Å². The molecule has 0 saturated heterocycles. The Morgan fingerprint density at radius 1 is 1.04 bits per heavy atom. The zero-order valence-corrected chi connectivity index (χ0v) is 15.1. The maximum absolute atomic E-state index is 12.8. The molecule has 3 rings (SSSR count). The third-order valence-electron chi connectivity index (χ3n) is 3.94. The molecule has 4 nitrogen and oxygen atoms in total. The van der Waals surface area contributed by atoms with E-state index in [1.54, 1.807) is 24.3 Å². The lowest BCUT2D eigenvalue weighted by molar-refractivity contribution is -0.137. The molecule has 8 heteroatoms. The van der Waals surface area contributed by atoms with Crippen molar-refractivity contribution in [2.75, 3.05) is 5.32 Å². The van der Waals surface area contributed by atoms with Crippen molar-refractivity contribution in [1.82, 2.24) is 4.57 Å². The molecule has 1 N–H and O–H groups in total. The van der Waals surface area contributed by atoms with Gasteiger partial charge in [-0.05, 0) is 42.0 Å². The van der Waals surface area contributed by atoms with Crippen LogP contribution in [0, 0.1) is 0 Å². The molecule has 2 aromatic carbocycles. The van der Waals surface area contributed by atoms with E-state index in [4.69, 9.17) is 11.6 Å². The van der Waals surface area contributed by atoms with Gasteiger partial charge in [0.2, 0.25) is 0 Å². The number of alkyl halides is 3. The average Bonchev–Trinajstić information content (AvgIpc) is 2.63. The van der Waals surface area contributed by atoms with Crippen LogP contribution in [0.2, 0.25) is 5.02 Å². The largest absolute Gasteiger partial charge is 0.416 e. The molecule has 1 aromatic heterocycles. The Morgan fingerprint density at radius 2 is 1.79 bits per heavy atom. The van der Waals surface area contributed by atoms with Crippen LogP contribution in [-0.2, 0) is 12.7 Å². The van der Waals surface area contributed by atoms with E-state index < -0.39 is 17.6 Å². The lowest BCUT2D eigenvalue weighted by Gasteiger charge is -2.11. The summed E-state index contributed by atoms with van der Waals surface area (Å²) in [5.41, 5.74) is -0.275. The fraction of sp³-hybridized carbons (Fsp3) is 0.100. The van der Waals surface area contributed by atoms with E-state index in [0.717, 1.165) is 17.7 Å². The molecule has 0 aliphatic heterocycles. The lowest BCUT2D eigenvalue weighted by Crippen LogP contribution is -2.22. The van der Waals surface area contributed by atoms with Crippen molar-refractivity contribution in [3.8, 4) is 0 Å². The molecule has 3 aromatic rings. The summed E-state index contributed by atoms with van der Waals surface area (Å²) in [6.07, 6.45) is -3.16. The van der Waals surface area contributed by atoms with Crippen LogP contribution >= 0.6 is 11.6 Å². The van der Waals surface area contributed by atoms with Gasteiger partial charge >= 0.3 is 6.18 Å². The molecule has 0 atom stereocenters. The number of pyridine rings is 1. The molecule has 1 heterocycles. The monoisotopic (exact) mass is 406 g/mol. The Bertz CT molecular complexity index is 1080. The Balaban J connectivity index is 1.82. The summed E-state index contributed by atoms with van der Waals surface area (Å²) < 4.78 is 39.7. The normalized spacial score (nSPS) is 11.3. The van der Waals surface area contributed by atoms with Crippen LogP contribution in [0.5, 0.6) is 0 Å². The molecule has 0 spiro atoms. The zero-order chi connectivity index (χ0) is 20.3. The van der Waals surface area contributed by atoms with Gasteiger partial charge in [0.1, 0.15) is 0 Å². The van der Waals surface area contributed by atoms with Crippen molar-refractivity contribution in [1.29, 1.82) is 0 Å². The topological polar surface area (TPSA) is 51.1 Å². The van der Waals surface area contributed by atoms with E-state index in [9.17, 15) is 22.8 Å². The second kappa shape index (κ2) is 7.90. The molecule has 0 unspecified atom stereocenters. The Labute approximate surface area is 163 Å². The number of aromatic nitrogens is 1. The highest BCUT2D eigenvalue weighted by molar-refractivity contribution is 6.30. The van der Waals surface area contributed by atoms with Gasteiger partial charge < -0.3 is 9.88 Å². The number of carbonyl (C=O) groups is 1. The van der Waals surface area contributed by atoms with Gasteiger partial charge in [0, 0.05) is 23.0 Å². The van der Waals surface area contributed by atoms with Gasteiger partial charge in [-0.1, -0.05) is 29.8 Å². The second-order valence-corrected chi connectivity index (χ2v) is 6.48. The first kappa shape index (κ1) is 19.7. The van der Waals surface area contributed by atoms with E-state index in [1.165, 1.54) is 35.0 Å². The minimum atomic E-state index is -4.51. The van der Waals surface area contributed by atoms with Crippen LogP contribution in [0.25, 0.3) is 0 Å². The average molecular weight is 407 g/mol. The van der Waals surface area contributed by atoms with Gasteiger partial charge in [-0.3, -0.25) is 9.59 Å². The highest BCUT2D eigenvalue weighted by Gasteiger charge is 2.30. The Kier molecular flexibility index (Phi) is 5.56. The number of nitrogens with zero attached hydrogens (tertiary/aromatic N) is 1. The first-order chi connectivity index (χ1) is 13.2. The maximum atomic E-state index is 12.8. The summed E-state index contributed by atoms with van der Waals surface area (Å²) in [5, 5.41) is 2.93. The number of rotatable bonds is 4. The smallest absolute Gasteiger partial charge is 0.322 e. The SMILES string of the molecule is O=C(Nc1cccc(C(F)(F)F)c1)c1ccc(=O)n(Cc2cccc(Cl)c2)c1. The number of benzene rings is 2. The summed E-state index contributed by atoms with van der Waals surface area (Å²) in [6, 6.07) is 13.8. The fourth-order valence-electron chi connectivity index (χ4n) is 2.60. The van der Waals surface area contributed by atoms with Crippen LogP contribution in [-0.4, -0.2) is 10.5 Å². The minimum Gasteiger partial charge on any atom is -0.322 e. The van der Waals surface area contributed by atoms with Crippen molar-refractivity contribution in [2.45, 2.75) is 12.7 Å². The van der Waals surface area contributed by atoms with Gasteiger partial charge in [0.05, 0.1) is 17.7 Å². The third-order valence-corrected chi connectivity index (χ3v) is 4.17. The summed E-state index contributed by atoms with van der Waals surface area (Å²) in [7, 11) is 0. The number of hydrogen-bond acceptors (Lipinski definition) is 2. The zero-order valence-electron chi connectivity index (χ0n) is 14.3. The van der Waals surface area contributed by atoms with Crippen LogP contribution in [0.15, 0.2) is 71.7 Å². The van der Waals surface area contributed by atoms with E-state index in [-0.39, 0.29) is 23.4 Å². The van der Waals surface area contributed by atoms with Crippen LogP contribution in [0.3, 0.4) is 0 Å². The standard InChI is InChI=1S/C20H14ClF3N2O2/c21-16-5-1-3-13(9-16)11-26-12-14(7-8-18(26)27)19(28)25-17-6-2-4-15(10-17)20(22,23)24/h1-10,12H,11H2,(H,25,28). The number of halogens is 4. The highest BCUT2D eigenvalue weighted by atomic mass is 35.5. The number of hydrogen-bond donors (Lipinski definition) is 1. The van der Waals surface area contributed by atoms with Crippen molar-refractivity contribution in [3.05, 3.63) is 98.9 Å². The fourth-order valence-corrected chi connectivity index (χ4v) is 2.81. The van der Waals surface area contributed by atoms with E-state index in [1.807, 2.05) is 0 Å². The number of carbonyl (C=O) groups excluding carboxylic acids is 1. The van der Waals surface area contributed by atoms with Gasteiger partial charge in [0.15, 0.2) is 0 Å². The number of amides is 1. The molecule has 28 heavy (non-hydrogen) atoms. The molecule has 0 fully saturated rings. The van der Waals surface area contributed by atoms with E-state index in [2.05, 4.69) is 5.32 Å². The highest BCUT2D eigenvalue weighted by Crippen LogP contribution is 2.30. The van der Waals surface area contributed by atoms with Gasteiger partial charge in [-0.25, -0.2) is 0 Å². The molecular weight excluding hydrogens is 393 g/mol. The first-order valence-corrected chi connectivity index (χ1v) is 8.54. The minimum absolute atomic E-state index is 0.00687. The van der Waals surface area contributed by atoms with Gasteiger partial charge in [-0.15, -0.1) is 0 Å². The lowest BCUT2D eigenvalue weighted by atomic mass is 10.2. The molecule has 144 valence electrons. The van der Waals surface area contributed by atoms with E-state index in [0.29, 0.717) is 5.02 Å². The molecule has 0 aliphatic rings. The molecule has 0 saturated carbocycles. The van der Waals surface area contributed by atoms with Gasteiger partial charge in [-0.2, -0.15) is 13.2 Å². The van der Waals surface area contributed by atoms with Gasteiger partial charge in [0.25, 0.3) is 11.5 Å². The van der Waals surface area contributed by atoms with Crippen molar-refractivity contribution in [3.63, 3.8) is 0 Å². The molecule has 0 bridgehead atoms. The van der Waals surface area contributed by atoms with E-state index >= 15 is 0 Å². The van der Waals surface area contributed by atoms with Crippen LogP contribution < -0.4 is 10.9 Å². The first-order valence-electron chi connectivity index (χ1n) is 8.16. The maximum Gasteiger partial charge on any atom is 0.416 e. The predicted octanol–water partition coefficient (Wildman–Crippen LogP) is 4.82. The molecular formula is C20H14ClF3N2O2. The summed E-state index contributed by atoms with van der Waals surface area (Å²) in [4.78, 5) is 24.5. The van der Waals surface area contributed by atoms with Crippen molar-refractivity contribution < 1.29 is 18.0 Å². The predicted molar refractivity (Wildman–Crippen MR) is 101 cm³/mol. The molecule has 0 radical (unpaired) electrons. The van der Waals surface area contributed by atoms with Crippen LogP contribution in [0.4, 0.5) is 18.9 Å². The number of anilines is 1. The quantitative estimate of drug-likeness (QED) is 0.675. The summed E-state index contributed by atoms with van der Waals surface area (Å²) in [6.45, 7) is 0.198. The Hall–Kier alpha value is -3.06. The van der Waals surface area contributed by atoms with Crippen molar-refractivity contribution in [2.24, 2.45) is 0 Å².